The number of nitrogens with zero attached hydrogens (tertiary/aromatic N) is 2. The molecular formula is C17H22ClN5OS. The molecule has 25 heavy (non-hydrogen) atoms. The molecular weight excluding hydrogens is 358 g/mol. The fourth-order valence-electron chi connectivity index (χ4n) is 3.24. The van der Waals surface area contributed by atoms with Gasteiger partial charge in [-0.25, -0.2) is 4.98 Å². The number of pyridine rings is 1. The minimum Gasteiger partial charge on any atom is -0.348 e. The highest BCUT2D eigenvalue weighted by Gasteiger charge is 2.22. The average Bonchev–Trinajstić information content (AvgIpc) is 3.11. The number of aromatic nitrogens is 2. The van der Waals surface area contributed by atoms with E-state index >= 15 is 0 Å². The predicted octanol–water partition coefficient (Wildman–Crippen LogP) is 2.25. The number of H-pyrrole nitrogens is 1. The van der Waals surface area contributed by atoms with E-state index in [1.165, 1.54) is 0 Å². The van der Waals surface area contributed by atoms with E-state index in [1.54, 1.807) is 18.0 Å². The Hall–Kier alpha value is -1.70. The highest BCUT2D eigenvalue weighted by Crippen LogP contribution is 2.30. The molecule has 2 aliphatic rings. The Labute approximate surface area is 157 Å². The van der Waals surface area contributed by atoms with Crippen LogP contribution in [0.1, 0.15) is 12.8 Å². The minimum atomic E-state index is 0. The van der Waals surface area contributed by atoms with E-state index in [2.05, 4.69) is 25.5 Å². The molecule has 2 aromatic heterocycles. The summed E-state index contributed by atoms with van der Waals surface area (Å²) in [6.07, 6.45) is 7.84. The number of piperidine rings is 1. The summed E-state index contributed by atoms with van der Waals surface area (Å²) in [4.78, 5) is 23.0. The lowest BCUT2D eigenvalue weighted by atomic mass is 10.1. The maximum atomic E-state index is 12.6. The summed E-state index contributed by atoms with van der Waals surface area (Å²) < 4.78 is 0. The zero-order valence-electron chi connectivity index (χ0n) is 13.8. The van der Waals surface area contributed by atoms with Gasteiger partial charge in [-0.2, -0.15) is 0 Å². The lowest BCUT2D eigenvalue weighted by Crippen LogP contribution is -2.46. The molecule has 1 atom stereocenters. The molecule has 134 valence electrons. The molecule has 3 N–H and O–H groups in total. The molecule has 1 fully saturated rings. The molecule has 0 spiro atoms. The normalized spacial score (nSPS) is 20.7. The highest BCUT2D eigenvalue weighted by atomic mass is 35.5. The van der Waals surface area contributed by atoms with E-state index in [-0.39, 0.29) is 24.4 Å². The van der Waals surface area contributed by atoms with Gasteiger partial charge in [0.05, 0.1) is 10.6 Å². The third kappa shape index (κ3) is 3.94. The van der Waals surface area contributed by atoms with Crippen molar-refractivity contribution in [1.82, 2.24) is 20.6 Å². The van der Waals surface area contributed by atoms with Gasteiger partial charge in [-0.1, -0.05) is 0 Å². The first kappa shape index (κ1) is 18.1. The van der Waals surface area contributed by atoms with Crippen molar-refractivity contribution in [1.29, 1.82) is 0 Å². The number of hydrogen-bond acceptors (Lipinski definition) is 5. The van der Waals surface area contributed by atoms with Gasteiger partial charge in [0.1, 0.15) is 5.65 Å². The number of fused-ring (bicyclic) bond motifs is 1. The average molecular weight is 380 g/mol. The summed E-state index contributed by atoms with van der Waals surface area (Å²) in [5, 5.41) is 7.57. The Balaban J connectivity index is 0.00000182. The van der Waals surface area contributed by atoms with Crippen LogP contribution in [0.2, 0.25) is 0 Å². The third-order valence-electron chi connectivity index (χ3n) is 4.47. The lowest BCUT2D eigenvalue weighted by molar-refractivity contribution is -0.117. The van der Waals surface area contributed by atoms with Crippen LogP contribution in [0.15, 0.2) is 35.6 Å². The van der Waals surface area contributed by atoms with Gasteiger partial charge in [0.25, 0.3) is 5.91 Å². The SMILES string of the molecule is Cl.O=C(N[C@@H]1CCCNC1)C1=CN(c2ccnc3[nH]ccc23)CCS1. The zero-order chi connectivity index (χ0) is 16.4. The Morgan fingerprint density at radius 3 is 3.16 bits per heavy atom. The summed E-state index contributed by atoms with van der Waals surface area (Å²) in [5.74, 6) is 0.939. The van der Waals surface area contributed by atoms with Crippen molar-refractivity contribution in [2.24, 2.45) is 0 Å². The molecule has 0 bridgehead atoms. The standard InChI is InChI=1S/C17H21N5OS.ClH/c23-17(21-12-2-1-5-18-10-12)15-11-22(8-9-24-15)14-4-7-20-16-13(14)3-6-19-16;/h3-4,6-7,11-12,18H,1-2,5,8-10H2,(H,19,20)(H,21,23);1H/t12-;/m1./s1. The van der Waals surface area contributed by atoms with Gasteiger partial charge < -0.3 is 20.5 Å². The molecule has 2 aliphatic heterocycles. The topological polar surface area (TPSA) is 73.1 Å². The smallest absolute Gasteiger partial charge is 0.259 e. The molecule has 6 nitrogen and oxygen atoms in total. The van der Waals surface area contributed by atoms with Gasteiger partial charge in [-0.3, -0.25) is 4.79 Å². The summed E-state index contributed by atoms with van der Waals surface area (Å²) in [7, 11) is 0. The van der Waals surface area contributed by atoms with E-state index in [0.717, 1.165) is 59.9 Å². The molecule has 2 aromatic rings. The van der Waals surface area contributed by atoms with E-state index < -0.39 is 0 Å². The van der Waals surface area contributed by atoms with Crippen molar-refractivity contribution in [3.05, 3.63) is 35.6 Å². The molecule has 0 unspecified atom stereocenters. The summed E-state index contributed by atoms with van der Waals surface area (Å²) >= 11 is 1.63. The molecule has 8 heteroatoms. The zero-order valence-corrected chi connectivity index (χ0v) is 15.5. The number of carbonyl (C=O) groups is 1. The first-order valence-corrected chi connectivity index (χ1v) is 9.35. The molecule has 4 rings (SSSR count). The molecule has 0 aromatic carbocycles. The summed E-state index contributed by atoms with van der Waals surface area (Å²) in [5.41, 5.74) is 1.96. The molecule has 1 amide bonds. The Bertz CT molecular complexity index is 771. The first-order valence-electron chi connectivity index (χ1n) is 8.36. The van der Waals surface area contributed by atoms with Gasteiger partial charge >= 0.3 is 0 Å². The third-order valence-corrected chi connectivity index (χ3v) is 5.45. The van der Waals surface area contributed by atoms with Crippen LogP contribution in [0.4, 0.5) is 5.69 Å². The number of hydrogen-bond donors (Lipinski definition) is 3. The van der Waals surface area contributed by atoms with Gasteiger partial charge in [-0.15, -0.1) is 24.2 Å². The van der Waals surface area contributed by atoms with Crippen LogP contribution >= 0.6 is 24.2 Å². The van der Waals surface area contributed by atoms with Crippen LogP contribution in [-0.4, -0.2) is 47.3 Å². The lowest BCUT2D eigenvalue weighted by Gasteiger charge is -2.28. The van der Waals surface area contributed by atoms with Crippen LogP contribution < -0.4 is 15.5 Å². The maximum Gasteiger partial charge on any atom is 0.259 e. The number of halogens is 1. The van der Waals surface area contributed by atoms with Crippen LogP contribution in [0.5, 0.6) is 0 Å². The van der Waals surface area contributed by atoms with Crippen LogP contribution in [0.3, 0.4) is 0 Å². The highest BCUT2D eigenvalue weighted by molar-refractivity contribution is 8.04. The second-order valence-electron chi connectivity index (χ2n) is 6.12. The maximum absolute atomic E-state index is 12.6. The number of nitrogens with one attached hydrogen (secondary N) is 3. The molecule has 0 saturated carbocycles. The van der Waals surface area contributed by atoms with Gasteiger partial charge in [0.2, 0.25) is 0 Å². The monoisotopic (exact) mass is 379 g/mol. The molecule has 4 heterocycles. The van der Waals surface area contributed by atoms with Crippen LogP contribution in [0, 0.1) is 0 Å². The Morgan fingerprint density at radius 2 is 2.32 bits per heavy atom. The predicted molar refractivity (Wildman–Crippen MR) is 105 cm³/mol. The van der Waals surface area contributed by atoms with E-state index in [9.17, 15) is 4.79 Å². The number of aromatic amines is 1. The Kier molecular flexibility index (Phi) is 5.88. The van der Waals surface area contributed by atoms with E-state index in [1.807, 2.05) is 24.5 Å². The minimum absolute atomic E-state index is 0. The van der Waals surface area contributed by atoms with Gasteiger partial charge in [0, 0.05) is 48.9 Å². The largest absolute Gasteiger partial charge is 0.348 e. The van der Waals surface area contributed by atoms with Crippen molar-refractivity contribution in [2.45, 2.75) is 18.9 Å². The number of carbonyl (C=O) groups excluding carboxylic acids is 1. The fraction of sp³-hybridized carbons (Fsp3) is 0.412. The van der Waals surface area contributed by atoms with Gasteiger partial charge in [0.15, 0.2) is 0 Å². The molecule has 0 aliphatic carbocycles. The quantitative estimate of drug-likeness (QED) is 0.762. The van der Waals surface area contributed by atoms with Gasteiger partial charge in [-0.05, 0) is 31.5 Å². The van der Waals surface area contributed by atoms with E-state index in [4.69, 9.17) is 0 Å². The van der Waals surface area contributed by atoms with Crippen molar-refractivity contribution < 1.29 is 4.79 Å². The Morgan fingerprint density at radius 1 is 1.40 bits per heavy atom. The number of rotatable bonds is 3. The number of anilines is 1. The van der Waals surface area contributed by atoms with Crippen LogP contribution in [-0.2, 0) is 4.79 Å². The molecule has 1 saturated heterocycles. The van der Waals surface area contributed by atoms with Crippen molar-refractivity contribution in [3.63, 3.8) is 0 Å². The fourth-order valence-corrected chi connectivity index (χ4v) is 4.14. The molecule has 0 radical (unpaired) electrons. The second-order valence-corrected chi connectivity index (χ2v) is 7.26. The van der Waals surface area contributed by atoms with Crippen molar-refractivity contribution in [2.75, 3.05) is 30.3 Å². The number of thioether (sulfide) groups is 1. The first-order chi connectivity index (χ1) is 11.8. The number of amides is 1. The van der Waals surface area contributed by atoms with Crippen LogP contribution in [0.25, 0.3) is 11.0 Å². The van der Waals surface area contributed by atoms with E-state index in [0.29, 0.717) is 0 Å². The van der Waals surface area contributed by atoms with Crippen molar-refractivity contribution >= 4 is 46.8 Å². The summed E-state index contributed by atoms with van der Waals surface area (Å²) in [6, 6.07) is 4.27. The summed E-state index contributed by atoms with van der Waals surface area (Å²) in [6.45, 7) is 2.80. The second kappa shape index (κ2) is 8.12. The van der Waals surface area contributed by atoms with Crippen molar-refractivity contribution in [3.8, 4) is 0 Å².